The van der Waals surface area contributed by atoms with Crippen LogP contribution in [0, 0.1) is 28.5 Å². The molecule has 0 spiro atoms. The summed E-state index contributed by atoms with van der Waals surface area (Å²) in [5.41, 5.74) is -0.107. The van der Waals surface area contributed by atoms with Crippen molar-refractivity contribution >= 4 is 11.8 Å². The lowest BCUT2D eigenvalue weighted by Crippen LogP contribution is -1.92. The van der Waals surface area contributed by atoms with Crippen LogP contribution in [0.3, 0.4) is 0 Å². The summed E-state index contributed by atoms with van der Waals surface area (Å²) in [5, 5.41) is 17.9. The average molecular weight is 254 g/mol. The van der Waals surface area contributed by atoms with Crippen molar-refractivity contribution < 1.29 is 4.39 Å². The quantitative estimate of drug-likeness (QED) is 0.820. The SMILES string of the molecule is N#Cc1c(F)ccc(Sc2ccccc2)c1C#N. The first-order valence-electron chi connectivity index (χ1n) is 5.12. The summed E-state index contributed by atoms with van der Waals surface area (Å²) in [7, 11) is 0. The lowest BCUT2D eigenvalue weighted by atomic mass is 10.1. The fourth-order valence-electron chi connectivity index (χ4n) is 1.48. The monoisotopic (exact) mass is 254 g/mol. The Morgan fingerprint density at radius 3 is 2.17 bits per heavy atom. The zero-order valence-corrected chi connectivity index (χ0v) is 10.0. The maximum atomic E-state index is 13.4. The third-order valence-electron chi connectivity index (χ3n) is 2.31. The van der Waals surface area contributed by atoms with Crippen molar-refractivity contribution in [2.45, 2.75) is 9.79 Å². The number of rotatable bonds is 2. The second kappa shape index (κ2) is 5.35. The van der Waals surface area contributed by atoms with E-state index in [1.54, 1.807) is 6.07 Å². The Morgan fingerprint density at radius 2 is 1.56 bits per heavy atom. The fourth-order valence-corrected chi connectivity index (χ4v) is 2.41. The normalized spacial score (nSPS) is 9.50. The fraction of sp³-hybridized carbons (Fsp3) is 0. The van der Waals surface area contributed by atoms with Crippen molar-refractivity contribution in [2.75, 3.05) is 0 Å². The minimum Gasteiger partial charge on any atom is -0.205 e. The van der Waals surface area contributed by atoms with Crippen molar-refractivity contribution in [3.63, 3.8) is 0 Å². The molecule has 2 aromatic carbocycles. The van der Waals surface area contributed by atoms with Crippen LogP contribution < -0.4 is 0 Å². The van der Waals surface area contributed by atoms with Gasteiger partial charge in [0.05, 0.1) is 5.56 Å². The van der Waals surface area contributed by atoms with Crippen molar-refractivity contribution in [3.05, 3.63) is 59.4 Å². The van der Waals surface area contributed by atoms with E-state index in [0.29, 0.717) is 4.90 Å². The summed E-state index contributed by atoms with van der Waals surface area (Å²) in [5.74, 6) is -0.661. The van der Waals surface area contributed by atoms with E-state index >= 15 is 0 Å². The Morgan fingerprint density at radius 1 is 0.889 bits per heavy atom. The van der Waals surface area contributed by atoms with Crippen LogP contribution in [0.1, 0.15) is 11.1 Å². The van der Waals surface area contributed by atoms with Gasteiger partial charge in [-0.1, -0.05) is 30.0 Å². The molecule has 0 amide bonds. The molecule has 4 heteroatoms. The molecule has 0 N–H and O–H groups in total. The van der Waals surface area contributed by atoms with Gasteiger partial charge < -0.3 is 0 Å². The minimum absolute atomic E-state index is 0.0892. The topological polar surface area (TPSA) is 47.6 Å². The lowest BCUT2D eigenvalue weighted by Gasteiger charge is -2.05. The van der Waals surface area contributed by atoms with Crippen molar-refractivity contribution in [1.82, 2.24) is 0 Å². The van der Waals surface area contributed by atoms with Gasteiger partial charge in [0, 0.05) is 9.79 Å². The van der Waals surface area contributed by atoms with E-state index in [9.17, 15) is 4.39 Å². The van der Waals surface area contributed by atoms with Crippen LogP contribution in [-0.4, -0.2) is 0 Å². The smallest absolute Gasteiger partial charge is 0.142 e. The summed E-state index contributed by atoms with van der Waals surface area (Å²) < 4.78 is 13.4. The number of halogens is 1. The first-order valence-corrected chi connectivity index (χ1v) is 5.93. The molecule has 0 aliphatic rings. The highest BCUT2D eigenvalue weighted by molar-refractivity contribution is 7.99. The second-order valence-electron chi connectivity index (χ2n) is 3.43. The minimum atomic E-state index is -0.661. The van der Waals surface area contributed by atoms with Crippen LogP contribution in [-0.2, 0) is 0 Å². The molecule has 0 heterocycles. The highest BCUT2D eigenvalue weighted by atomic mass is 32.2. The molecule has 0 aromatic heterocycles. The van der Waals surface area contributed by atoms with E-state index in [2.05, 4.69) is 0 Å². The predicted octanol–water partition coefficient (Wildman–Crippen LogP) is 3.72. The van der Waals surface area contributed by atoms with E-state index < -0.39 is 5.82 Å². The Labute approximate surface area is 108 Å². The Hall–Kier alpha value is -2.30. The van der Waals surface area contributed by atoms with Crippen LogP contribution in [0.2, 0.25) is 0 Å². The van der Waals surface area contributed by atoms with Gasteiger partial charge in [0.2, 0.25) is 0 Å². The molecular weight excluding hydrogens is 247 g/mol. The van der Waals surface area contributed by atoms with Crippen LogP contribution in [0.25, 0.3) is 0 Å². The highest BCUT2D eigenvalue weighted by Crippen LogP contribution is 2.32. The summed E-state index contributed by atoms with van der Waals surface area (Å²) in [4.78, 5) is 1.52. The van der Waals surface area contributed by atoms with Gasteiger partial charge in [0.1, 0.15) is 23.5 Å². The van der Waals surface area contributed by atoms with Crippen molar-refractivity contribution in [3.8, 4) is 12.1 Å². The predicted molar refractivity (Wildman–Crippen MR) is 66.4 cm³/mol. The van der Waals surface area contributed by atoms with E-state index in [0.717, 1.165) is 4.90 Å². The van der Waals surface area contributed by atoms with Crippen molar-refractivity contribution in [2.24, 2.45) is 0 Å². The third-order valence-corrected chi connectivity index (χ3v) is 3.38. The average Bonchev–Trinajstić information content (AvgIpc) is 2.41. The maximum absolute atomic E-state index is 13.4. The van der Waals surface area contributed by atoms with Gasteiger partial charge in [-0.15, -0.1) is 0 Å². The number of hydrogen-bond donors (Lipinski definition) is 0. The van der Waals surface area contributed by atoms with Gasteiger partial charge in [-0.25, -0.2) is 4.39 Å². The first-order chi connectivity index (χ1) is 8.76. The van der Waals surface area contributed by atoms with E-state index in [4.69, 9.17) is 10.5 Å². The molecule has 2 aromatic rings. The maximum Gasteiger partial charge on any atom is 0.142 e. The molecule has 18 heavy (non-hydrogen) atoms. The number of hydrogen-bond acceptors (Lipinski definition) is 3. The van der Waals surface area contributed by atoms with Gasteiger partial charge in [0.15, 0.2) is 0 Å². The van der Waals surface area contributed by atoms with Gasteiger partial charge in [-0.2, -0.15) is 10.5 Å². The molecule has 0 fully saturated rings. The van der Waals surface area contributed by atoms with E-state index in [1.807, 2.05) is 36.4 Å². The number of nitriles is 2. The molecule has 0 bridgehead atoms. The first kappa shape index (κ1) is 12.2. The molecule has 0 atom stereocenters. The van der Waals surface area contributed by atoms with Crippen molar-refractivity contribution in [1.29, 1.82) is 10.5 Å². The van der Waals surface area contributed by atoms with Crippen LogP contribution in [0.4, 0.5) is 4.39 Å². The standard InChI is InChI=1S/C14H7FN2S/c15-13-6-7-14(12(9-17)11(13)8-16)18-10-4-2-1-3-5-10/h1-7H. The van der Waals surface area contributed by atoms with E-state index in [-0.39, 0.29) is 11.1 Å². The Balaban J connectivity index is 2.48. The molecule has 0 aliphatic carbocycles. The van der Waals surface area contributed by atoms with E-state index in [1.165, 1.54) is 23.9 Å². The molecular formula is C14H7FN2S. The van der Waals surface area contributed by atoms with Crippen LogP contribution in [0.15, 0.2) is 52.3 Å². The molecule has 0 unspecified atom stereocenters. The van der Waals surface area contributed by atoms with Gasteiger partial charge in [-0.05, 0) is 24.3 Å². The molecule has 0 radical (unpaired) electrons. The Bertz CT molecular complexity index is 654. The van der Waals surface area contributed by atoms with Gasteiger partial charge in [-0.3, -0.25) is 0 Å². The molecule has 0 saturated heterocycles. The molecule has 2 rings (SSSR count). The van der Waals surface area contributed by atoms with Gasteiger partial charge in [0.25, 0.3) is 0 Å². The number of nitrogens with zero attached hydrogens (tertiary/aromatic N) is 2. The second-order valence-corrected chi connectivity index (χ2v) is 4.55. The zero-order chi connectivity index (χ0) is 13.0. The molecule has 86 valence electrons. The van der Waals surface area contributed by atoms with Gasteiger partial charge >= 0.3 is 0 Å². The third kappa shape index (κ3) is 2.34. The lowest BCUT2D eigenvalue weighted by molar-refractivity contribution is 0.622. The largest absolute Gasteiger partial charge is 0.205 e. The summed E-state index contributed by atoms with van der Waals surface area (Å²) in [6, 6.07) is 15.8. The summed E-state index contributed by atoms with van der Waals surface area (Å²) >= 11 is 1.34. The highest BCUT2D eigenvalue weighted by Gasteiger charge is 2.13. The molecule has 0 saturated carbocycles. The van der Waals surface area contributed by atoms with Crippen LogP contribution >= 0.6 is 11.8 Å². The molecule has 0 aliphatic heterocycles. The Kier molecular flexibility index (Phi) is 3.62. The summed E-state index contributed by atoms with van der Waals surface area (Å²) in [6.07, 6.45) is 0. The summed E-state index contributed by atoms with van der Waals surface area (Å²) in [6.45, 7) is 0. The zero-order valence-electron chi connectivity index (χ0n) is 9.22. The molecule has 2 nitrogen and oxygen atoms in total. The number of benzene rings is 2. The van der Waals surface area contributed by atoms with Crippen LogP contribution in [0.5, 0.6) is 0 Å².